The van der Waals surface area contributed by atoms with Crippen LogP contribution in [0.2, 0.25) is 0 Å². The Labute approximate surface area is 241 Å². The number of nitrogens with zero attached hydrogens (tertiary/aromatic N) is 1. The van der Waals surface area contributed by atoms with Gasteiger partial charge in [0.25, 0.3) is 0 Å². The zero-order valence-corrected chi connectivity index (χ0v) is 23.9. The Morgan fingerprint density at radius 1 is 0.651 bits per heavy atom. The monoisotopic (exact) mass is 641 g/mol. The number of aliphatic hydroxyl groups excluding tert-OH is 1. The summed E-state index contributed by atoms with van der Waals surface area (Å²) in [7, 11) is 0. The Hall–Kier alpha value is -3.70. The first kappa shape index (κ1) is 43.7. The summed E-state index contributed by atoms with van der Waals surface area (Å²) in [4.78, 5) is 10.2. The van der Waals surface area contributed by atoms with Crippen LogP contribution in [0.15, 0.2) is 42.5 Å². The van der Waals surface area contributed by atoms with E-state index in [9.17, 15) is 62.6 Å². The number of aldehydes is 1. The molecule has 0 aromatic heterocycles. The van der Waals surface area contributed by atoms with Gasteiger partial charge in [0.05, 0.1) is 34.4 Å². The van der Waals surface area contributed by atoms with E-state index in [1.54, 1.807) is 0 Å². The molecular formula is C28H31F12NO2. The molecule has 2 aromatic rings. The van der Waals surface area contributed by atoms with Crippen LogP contribution in [-0.4, -0.2) is 11.4 Å². The van der Waals surface area contributed by atoms with E-state index in [0.717, 1.165) is 0 Å². The Bertz CT molecular complexity index is 1100. The molecule has 0 radical (unpaired) electrons. The maximum atomic E-state index is 12.5. The molecule has 3 nitrogen and oxygen atoms in total. The molecule has 0 unspecified atom stereocenters. The number of nitriles is 1. The van der Waals surface area contributed by atoms with Crippen LogP contribution in [0.25, 0.3) is 5.76 Å². The first-order chi connectivity index (χ1) is 19.6. The molecule has 0 amide bonds. The molecule has 43 heavy (non-hydrogen) atoms. The van der Waals surface area contributed by atoms with Gasteiger partial charge in [-0.25, -0.2) is 0 Å². The van der Waals surface area contributed by atoms with Crippen LogP contribution in [0.3, 0.4) is 0 Å². The minimum absolute atomic E-state index is 0.0347. The van der Waals surface area contributed by atoms with Crippen molar-refractivity contribution in [3.05, 3.63) is 75.9 Å². The second-order valence-electron chi connectivity index (χ2n) is 7.41. The van der Waals surface area contributed by atoms with Crippen molar-refractivity contribution >= 4 is 12.0 Å². The van der Waals surface area contributed by atoms with Crippen LogP contribution < -0.4 is 0 Å². The van der Waals surface area contributed by atoms with E-state index in [0.29, 0.717) is 30.3 Å². The van der Waals surface area contributed by atoms with Gasteiger partial charge in [-0.15, -0.1) is 0 Å². The van der Waals surface area contributed by atoms with Crippen LogP contribution >= 0.6 is 0 Å². The molecule has 0 atom stereocenters. The fourth-order valence-electron chi connectivity index (χ4n) is 2.29. The van der Waals surface area contributed by atoms with E-state index in [2.05, 4.69) is 13.8 Å². The highest BCUT2D eigenvalue weighted by molar-refractivity contribution is 5.75. The minimum Gasteiger partial charge on any atom is -0.507 e. The van der Waals surface area contributed by atoms with Gasteiger partial charge in [-0.3, -0.25) is 4.79 Å². The highest BCUT2D eigenvalue weighted by atomic mass is 19.4. The number of alkyl halides is 12. The number of hydrogen-bond acceptors (Lipinski definition) is 3. The maximum Gasteiger partial charge on any atom is 0.416 e. The molecule has 0 bridgehead atoms. The van der Waals surface area contributed by atoms with Gasteiger partial charge in [0.1, 0.15) is 12.0 Å². The maximum absolute atomic E-state index is 12.5. The molecule has 2 aromatic carbocycles. The number of carbonyl (C=O) groups excluding carboxylic acids is 1. The van der Waals surface area contributed by atoms with Crippen molar-refractivity contribution in [2.24, 2.45) is 0 Å². The lowest BCUT2D eigenvalue weighted by Gasteiger charge is -2.13. The molecule has 0 spiro atoms. The summed E-state index contributed by atoms with van der Waals surface area (Å²) in [5.41, 5.74) is -7.51. The lowest BCUT2D eigenvalue weighted by atomic mass is 10.0. The molecule has 0 aliphatic rings. The van der Waals surface area contributed by atoms with Crippen LogP contribution in [0.4, 0.5) is 52.7 Å². The number of allylic oxidation sites excluding steroid dienone is 1. The molecule has 0 saturated carbocycles. The number of hydrogen-bond donors (Lipinski definition) is 1. The summed E-state index contributed by atoms with van der Waals surface area (Å²) in [6, 6.07) is 2.60. The Kier molecular flexibility index (Phi) is 19.8. The fourth-order valence-corrected chi connectivity index (χ4v) is 2.29. The third-order valence-corrected chi connectivity index (χ3v) is 4.33. The smallest absolute Gasteiger partial charge is 0.416 e. The van der Waals surface area contributed by atoms with Gasteiger partial charge >= 0.3 is 24.7 Å². The van der Waals surface area contributed by atoms with E-state index in [4.69, 9.17) is 5.26 Å². The summed E-state index contributed by atoms with van der Waals surface area (Å²) < 4.78 is 148. The lowest BCUT2D eigenvalue weighted by Crippen LogP contribution is -2.11. The first-order valence-electron chi connectivity index (χ1n) is 12.4. The van der Waals surface area contributed by atoms with E-state index >= 15 is 0 Å². The quantitative estimate of drug-likeness (QED) is 0.157. The molecule has 0 heterocycles. The third-order valence-electron chi connectivity index (χ3n) is 4.33. The average Bonchev–Trinajstić information content (AvgIpc) is 2.93. The Morgan fingerprint density at radius 2 is 0.930 bits per heavy atom. The van der Waals surface area contributed by atoms with Crippen LogP contribution in [0, 0.1) is 11.3 Å². The zero-order valence-electron chi connectivity index (χ0n) is 23.9. The largest absolute Gasteiger partial charge is 0.507 e. The van der Waals surface area contributed by atoms with E-state index in [1.807, 2.05) is 27.7 Å². The highest BCUT2D eigenvalue weighted by Crippen LogP contribution is 2.38. The Morgan fingerprint density at radius 3 is 1.14 bits per heavy atom. The van der Waals surface area contributed by atoms with E-state index in [1.165, 1.54) is 18.9 Å². The molecule has 15 heteroatoms. The topological polar surface area (TPSA) is 61.1 Å². The van der Waals surface area contributed by atoms with Gasteiger partial charge in [-0.1, -0.05) is 54.4 Å². The van der Waals surface area contributed by atoms with Crippen molar-refractivity contribution in [2.75, 3.05) is 0 Å². The van der Waals surface area contributed by atoms with E-state index < -0.39 is 63.8 Å². The number of rotatable bonds is 3. The molecular weight excluding hydrogens is 610 g/mol. The van der Waals surface area contributed by atoms with Crippen LogP contribution in [0.5, 0.6) is 0 Å². The molecule has 0 aliphatic carbocycles. The molecule has 0 aliphatic heterocycles. The predicted molar refractivity (Wildman–Crippen MR) is 138 cm³/mol. The van der Waals surface area contributed by atoms with Crippen molar-refractivity contribution in [3.8, 4) is 6.07 Å². The van der Waals surface area contributed by atoms with Crippen molar-refractivity contribution < 1.29 is 62.6 Å². The highest BCUT2D eigenvalue weighted by Gasteiger charge is 2.38. The van der Waals surface area contributed by atoms with Gasteiger partial charge in [0.2, 0.25) is 0 Å². The zero-order chi connectivity index (χ0) is 34.8. The fraction of sp³-hybridized carbons (Fsp3) is 0.429. The molecule has 2 rings (SSSR count). The summed E-state index contributed by atoms with van der Waals surface area (Å²) in [5, 5.41) is 17.4. The number of aliphatic hydroxyl groups is 1. The molecule has 1 N–H and O–H groups in total. The van der Waals surface area contributed by atoms with Gasteiger partial charge in [0.15, 0.2) is 0 Å². The molecule has 0 fully saturated rings. The minimum atomic E-state index is -5.00. The molecule has 244 valence electrons. The van der Waals surface area contributed by atoms with Crippen LogP contribution in [0.1, 0.15) is 92.6 Å². The summed E-state index contributed by atoms with van der Waals surface area (Å²) in [6.07, 6.45) is -16.8. The van der Waals surface area contributed by atoms with Gasteiger partial charge < -0.3 is 5.11 Å². The third kappa shape index (κ3) is 17.1. The standard InChI is InChI=1S/C11H5F6NO.C9H4F6O.C4H10.2C2H6/c12-10(13,14)7-3-6(9(19)1-2-18)4-8(5-7)11(15,16)17;10-8(11,12)6-1-5(4-16)2-7(3-6)9(13,14)15;1-3-4-2;2*1-2/h1,3-5,19H;1-4H;3-4H2,1-2H3;2*1-2H3/b9-1+;;;;. The van der Waals surface area contributed by atoms with Gasteiger partial charge in [0, 0.05) is 11.1 Å². The van der Waals surface area contributed by atoms with Crippen molar-refractivity contribution in [2.45, 2.75) is 79.1 Å². The number of carbonyl (C=O) groups is 1. The SMILES string of the molecule is CC.CC.CCCC.N#C/C=C(/O)c1cc(C(F)(F)F)cc(C(F)(F)F)c1.O=Cc1cc(C(F)(F)F)cc(C(F)(F)F)c1. The number of benzene rings is 2. The van der Waals surface area contributed by atoms with Crippen molar-refractivity contribution in [3.63, 3.8) is 0 Å². The lowest BCUT2D eigenvalue weighted by molar-refractivity contribution is -0.144. The van der Waals surface area contributed by atoms with E-state index in [-0.39, 0.29) is 18.4 Å². The predicted octanol–water partition coefficient (Wildman–Crippen LogP) is 11.5. The van der Waals surface area contributed by atoms with Gasteiger partial charge in [-0.05, 0) is 36.4 Å². The summed E-state index contributed by atoms with van der Waals surface area (Å²) in [6.45, 7) is 12.4. The second kappa shape index (κ2) is 19.5. The van der Waals surface area contributed by atoms with Gasteiger partial charge in [-0.2, -0.15) is 57.9 Å². The number of halogens is 12. The summed E-state index contributed by atoms with van der Waals surface area (Å²) in [5.74, 6) is -0.973. The first-order valence-corrected chi connectivity index (χ1v) is 12.4. The molecule has 0 saturated heterocycles. The normalized spacial score (nSPS) is 11.5. The summed E-state index contributed by atoms with van der Waals surface area (Å²) >= 11 is 0. The van der Waals surface area contributed by atoms with Crippen molar-refractivity contribution in [1.82, 2.24) is 0 Å². The average molecular weight is 642 g/mol. The van der Waals surface area contributed by atoms with Crippen LogP contribution in [-0.2, 0) is 24.7 Å². The number of unbranched alkanes of at least 4 members (excludes halogenated alkanes) is 1. The second-order valence-corrected chi connectivity index (χ2v) is 7.41. The van der Waals surface area contributed by atoms with Crippen molar-refractivity contribution in [1.29, 1.82) is 5.26 Å². The Balaban J connectivity index is -0.000000604.